The molecular weight excluding hydrogens is 295 g/mol. The summed E-state index contributed by atoms with van der Waals surface area (Å²) in [6, 6.07) is 12.8. The maximum atomic E-state index is 15.4. The number of hydrogen-bond donors (Lipinski definition) is 2. The van der Waals surface area contributed by atoms with Crippen LogP contribution in [-0.2, 0) is 4.79 Å². The maximum Gasteiger partial charge on any atom is 0.282 e. The summed E-state index contributed by atoms with van der Waals surface area (Å²) < 4.78 is 15.4. The summed E-state index contributed by atoms with van der Waals surface area (Å²) in [6.45, 7) is 0. The van der Waals surface area contributed by atoms with Crippen molar-refractivity contribution in [2.75, 3.05) is 0 Å². The summed E-state index contributed by atoms with van der Waals surface area (Å²) in [7, 11) is 0. The number of carbonyl (C=O) groups excluding carboxylic acids is 1. The van der Waals surface area contributed by atoms with Crippen LogP contribution >= 0.6 is 0 Å². The number of halogens is 1. The Bertz CT molecular complexity index is 748. The van der Waals surface area contributed by atoms with Crippen molar-refractivity contribution in [2.45, 2.75) is 36.3 Å². The van der Waals surface area contributed by atoms with Crippen LogP contribution in [0.3, 0.4) is 0 Å². The summed E-state index contributed by atoms with van der Waals surface area (Å²) in [5.74, 6) is -1.71. The van der Waals surface area contributed by atoms with Crippen molar-refractivity contribution in [1.29, 1.82) is 0 Å². The number of carbonyl (C=O) groups is 1. The molecule has 1 amide bonds. The first-order valence-corrected chi connectivity index (χ1v) is 7.80. The highest BCUT2D eigenvalue weighted by Gasteiger charge is 2.72. The third kappa shape index (κ3) is 2.23. The maximum absolute atomic E-state index is 15.4. The van der Waals surface area contributed by atoms with Gasteiger partial charge in [0.1, 0.15) is 0 Å². The Balaban J connectivity index is 1.73. The molecule has 2 fully saturated rings. The normalized spacial score (nSPS) is 29.1. The standard InChI is InChI=1S/C18H17FN2O2/c19-18(17(22)21-23)15(12-4-2-1-3-5-12)16(18)13-8-9-20-14(10-13)11-6-7-11/h1-5,8-11,15-16,23H,6-7H2,(H,21,22)/t15-,16-,18-/m1/s1. The number of benzene rings is 1. The van der Waals surface area contributed by atoms with Crippen molar-refractivity contribution >= 4 is 5.91 Å². The quantitative estimate of drug-likeness (QED) is 0.674. The summed E-state index contributed by atoms with van der Waals surface area (Å²) in [4.78, 5) is 16.3. The lowest BCUT2D eigenvalue weighted by Gasteiger charge is -2.06. The van der Waals surface area contributed by atoms with E-state index in [1.54, 1.807) is 12.3 Å². The summed E-state index contributed by atoms with van der Waals surface area (Å²) >= 11 is 0. The monoisotopic (exact) mass is 312 g/mol. The third-order valence-corrected chi connectivity index (χ3v) is 4.90. The van der Waals surface area contributed by atoms with Crippen LogP contribution in [0.4, 0.5) is 4.39 Å². The Morgan fingerprint density at radius 3 is 2.52 bits per heavy atom. The zero-order valence-corrected chi connectivity index (χ0v) is 12.4. The van der Waals surface area contributed by atoms with E-state index in [4.69, 9.17) is 5.21 Å². The number of pyridine rings is 1. The van der Waals surface area contributed by atoms with E-state index in [0.717, 1.165) is 29.7 Å². The van der Waals surface area contributed by atoms with Gasteiger partial charge in [-0.05, 0) is 36.1 Å². The fraction of sp³-hybridized carbons (Fsp3) is 0.333. The predicted molar refractivity (Wildman–Crippen MR) is 81.9 cm³/mol. The molecule has 2 N–H and O–H groups in total. The second-order valence-corrected chi connectivity index (χ2v) is 6.36. The molecule has 1 heterocycles. The van der Waals surface area contributed by atoms with Crippen LogP contribution < -0.4 is 5.48 Å². The SMILES string of the molecule is O=C(NO)[C@@]1(F)[C@H](c2ccccc2)[C@H]1c1ccnc(C2CC2)c1. The van der Waals surface area contributed by atoms with Gasteiger partial charge in [0.25, 0.3) is 5.91 Å². The van der Waals surface area contributed by atoms with Crippen LogP contribution in [0.5, 0.6) is 0 Å². The average Bonchev–Trinajstić information content (AvgIpc) is 3.50. The van der Waals surface area contributed by atoms with Gasteiger partial charge in [0, 0.05) is 29.6 Å². The average molecular weight is 312 g/mol. The Labute approximate surface area is 133 Å². The van der Waals surface area contributed by atoms with Gasteiger partial charge < -0.3 is 0 Å². The molecule has 23 heavy (non-hydrogen) atoms. The molecular formula is C18H17FN2O2. The summed E-state index contributed by atoms with van der Waals surface area (Å²) in [6.07, 6.45) is 3.91. The molecule has 2 aliphatic rings. The molecule has 2 saturated carbocycles. The van der Waals surface area contributed by atoms with E-state index >= 15 is 4.39 Å². The molecule has 3 atom stereocenters. The number of alkyl halides is 1. The van der Waals surface area contributed by atoms with Crippen LogP contribution in [0, 0.1) is 0 Å². The van der Waals surface area contributed by atoms with E-state index in [1.807, 2.05) is 36.4 Å². The first-order chi connectivity index (χ1) is 11.2. The molecule has 1 aromatic heterocycles. The molecule has 5 heteroatoms. The summed E-state index contributed by atoms with van der Waals surface area (Å²) in [5, 5.41) is 8.94. The molecule has 0 unspecified atom stereocenters. The molecule has 0 aliphatic heterocycles. The molecule has 118 valence electrons. The van der Waals surface area contributed by atoms with E-state index in [-0.39, 0.29) is 0 Å². The van der Waals surface area contributed by atoms with Gasteiger partial charge in [-0.3, -0.25) is 15.0 Å². The van der Waals surface area contributed by atoms with Crippen molar-refractivity contribution in [3.05, 3.63) is 65.5 Å². The number of rotatable bonds is 4. The lowest BCUT2D eigenvalue weighted by atomic mass is 10.0. The van der Waals surface area contributed by atoms with Crippen molar-refractivity contribution in [3.8, 4) is 0 Å². The zero-order valence-electron chi connectivity index (χ0n) is 12.4. The van der Waals surface area contributed by atoms with Crippen molar-refractivity contribution < 1.29 is 14.4 Å². The van der Waals surface area contributed by atoms with Crippen molar-refractivity contribution in [1.82, 2.24) is 10.5 Å². The Kier molecular flexibility index (Phi) is 3.20. The lowest BCUT2D eigenvalue weighted by Crippen LogP contribution is -2.33. The van der Waals surface area contributed by atoms with E-state index < -0.39 is 23.4 Å². The van der Waals surface area contributed by atoms with Crippen LogP contribution in [0.2, 0.25) is 0 Å². The third-order valence-electron chi connectivity index (χ3n) is 4.90. The van der Waals surface area contributed by atoms with Gasteiger partial charge >= 0.3 is 0 Å². The van der Waals surface area contributed by atoms with E-state index in [1.165, 1.54) is 5.48 Å². The zero-order chi connectivity index (χ0) is 16.0. The van der Waals surface area contributed by atoms with Gasteiger partial charge in [-0.1, -0.05) is 30.3 Å². The largest absolute Gasteiger partial charge is 0.289 e. The first-order valence-electron chi connectivity index (χ1n) is 7.80. The van der Waals surface area contributed by atoms with Crippen molar-refractivity contribution in [3.63, 3.8) is 0 Å². The molecule has 0 radical (unpaired) electrons. The smallest absolute Gasteiger partial charge is 0.282 e. The molecule has 2 aliphatic carbocycles. The number of nitrogens with zero attached hydrogens (tertiary/aromatic N) is 1. The minimum absolute atomic E-state index is 0.463. The fourth-order valence-electron chi connectivity index (χ4n) is 3.52. The number of aromatic nitrogens is 1. The first kappa shape index (κ1) is 14.3. The number of hydrogen-bond acceptors (Lipinski definition) is 3. The minimum Gasteiger partial charge on any atom is -0.289 e. The lowest BCUT2D eigenvalue weighted by molar-refractivity contribution is -0.136. The van der Waals surface area contributed by atoms with E-state index in [0.29, 0.717) is 5.92 Å². The summed E-state index contributed by atoms with van der Waals surface area (Å²) in [5.41, 5.74) is 1.85. The molecule has 1 aromatic carbocycles. The van der Waals surface area contributed by atoms with Crippen molar-refractivity contribution in [2.24, 2.45) is 0 Å². The van der Waals surface area contributed by atoms with Gasteiger partial charge in [0.05, 0.1) is 0 Å². The Hall–Kier alpha value is -2.27. The second kappa shape index (κ2) is 5.13. The van der Waals surface area contributed by atoms with Gasteiger partial charge in [-0.25, -0.2) is 9.87 Å². The van der Waals surface area contributed by atoms with E-state index in [9.17, 15) is 4.79 Å². The Morgan fingerprint density at radius 1 is 1.17 bits per heavy atom. The number of hydroxylamine groups is 1. The molecule has 0 bridgehead atoms. The minimum atomic E-state index is -2.13. The molecule has 4 rings (SSSR count). The van der Waals surface area contributed by atoms with Gasteiger partial charge in [-0.2, -0.15) is 0 Å². The number of amides is 1. The molecule has 2 aromatic rings. The topological polar surface area (TPSA) is 62.2 Å². The van der Waals surface area contributed by atoms with Crippen LogP contribution in [0.25, 0.3) is 0 Å². The van der Waals surface area contributed by atoms with Crippen LogP contribution in [0.15, 0.2) is 48.7 Å². The fourth-order valence-corrected chi connectivity index (χ4v) is 3.52. The van der Waals surface area contributed by atoms with Crippen LogP contribution in [-0.4, -0.2) is 21.8 Å². The molecule has 0 saturated heterocycles. The Morgan fingerprint density at radius 2 is 1.87 bits per heavy atom. The molecule has 4 nitrogen and oxygen atoms in total. The number of nitrogens with one attached hydrogen (secondary N) is 1. The van der Waals surface area contributed by atoms with Gasteiger partial charge in [-0.15, -0.1) is 0 Å². The van der Waals surface area contributed by atoms with E-state index in [2.05, 4.69) is 4.98 Å². The van der Waals surface area contributed by atoms with Gasteiger partial charge in [0.15, 0.2) is 0 Å². The molecule has 0 spiro atoms. The highest BCUT2D eigenvalue weighted by atomic mass is 19.1. The highest BCUT2D eigenvalue weighted by Crippen LogP contribution is 2.66. The second-order valence-electron chi connectivity index (χ2n) is 6.36. The highest BCUT2D eigenvalue weighted by molar-refractivity contribution is 5.92. The van der Waals surface area contributed by atoms with Gasteiger partial charge in [0.2, 0.25) is 5.67 Å². The van der Waals surface area contributed by atoms with Crippen LogP contribution in [0.1, 0.15) is 47.4 Å². The predicted octanol–water partition coefficient (Wildman–Crippen LogP) is 3.05.